The first kappa shape index (κ1) is 37.7. The van der Waals surface area contributed by atoms with Crippen molar-refractivity contribution >= 4 is 13.7 Å². The van der Waals surface area contributed by atoms with Gasteiger partial charge in [0.15, 0.2) is 0 Å². The number of carbonyl (C=O) groups is 1. The highest BCUT2D eigenvalue weighted by Crippen LogP contribution is 2.43. The van der Waals surface area contributed by atoms with Gasteiger partial charge in [-0.25, -0.2) is 4.57 Å². The number of amides is 1. The van der Waals surface area contributed by atoms with E-state index in [0.29, 0.717) is 17.4 Å². The Kier molecular flexibility index (Phi) is 22.7. The predicted octanol–water partition coefficient (Wildman–Crippen LogP) is 6.45. The molecule has 0 aliphatic carbocycles. The van der Waals surface area contributed by atoms with Gasteiger partial charge in [0, 0.05) is 6.42 Å². The van der Waals surface area contributed by atoms with E-state index in [9.17, 15) is 19.4 Å². The third-order valence-electron chi connectivity index (χ3n) is 6.09. The van der Waals surface area contributed by atoms with Crippen molar-refractivity contribution in [3.8, 4) is 0 Å². The second-order valence-corrected chi connectivity index (χ2v) is 12.6. The number of carbonyl (C=O) groups excluding carboxylic acids is 1. The SMILES string of the molecule is CCC/C=C/C(O)C(COP(=O)(O)OCC[N+](C)(C)C)NC(=O)CCCCCCC/C=C\C/C=C\CCCC. The topological polar surface area (TPSA) is 105 Å². The van der Waals surface area contributed by atoms with E-state index in [1.807, 2.05) is 34.1 Å². The summed E-state index contributed by atoms with van der Waals surface area (Å²) in [5.74, 6) is -0.208. The van der Waals surface area contributed by atoms with Gasteiger partial charge in [0.2, 0.25) is 5.91 Å². The number of nitrogens with zero attached hydrogens (tertiary/aromatic N) is 1. The van der Waals surface area contributed by atoms with Gasteiger partial charge >= 0.3 is 7.82 Å². The van der Waals surface area contributed by atoms with E-state index in [1.54, 1.807) is 6.08 Å². The minimum absolute atomic E-state index is 0.0556. The fraction of sp³-hybridized carbons (Fsp3) is 0.767. The Hall–Kier alpha value is -1.28. The maximum Gasteiger partial charge on any atom is 0.472 e. The Labute approximate surface area is 238 Å². The van der Waals surface area contributed by atoms with E-state index < -0.39 is 20.0 Å². The van der Waals surface area contributed by atoms with E-state index in [0.717, 1.165) is 57.8 Å². The third-order valence-corrected chi connectivity index (χ3v) is 7.07. The molecule has 3 N–H and O–H groups in total. The molecule has 8 nitrogen and oxygen atoms in total. The molecule has 0 heterocycles. The summed E-state index contributed by atoms with van der Waals surface area (Å²) in [4.78, 5) is 22.6. The molecular formula is C30H58N2O6P+. The zero-order chi connectivity index (χ0) is 29.4. The number of allylic oxidation sites excluding steroid dienone is 5. The predicted molar refractivity (Wildman–Crippen MR) is 161 cm³/mol. The Morgan fingerprint density at radius 3 is 2.15 bits per heavy atom. The standard InChI is InChI=1S/C30H57N2O6P/c1-6-8-10-11-12-13-14-15-16-17-18-19-20-22-24-30(34)31-28(29(33)23-21-9-7-2)27-38-39(35,36)37-26-25-32(3,4)5/h11-12,14-15,21,23,28-29,33H,6-10,13,16-20,22,24-27H2,1-5H3,(H-,31,34,35,36)/p+1/b12-11-,15-14-,23-21+. The molecule has 228 valence electrons. The van der Waals surface area contributed by atoms with Crippen LogP contribution in [0, 0.1) is 0 Å². The molecule has 0 saturated heterocycles. The second-order valence-electron chi connectivity index (χ2n) is 11.1. The van der Waals surface area contributed by atoms with Crippen molar-refractivity contribution in [3.05, 3.63) is 36.5 Å². The van der Waals surface area contributed by atoms with Crippen LogP contribution in [-0.2, 0) is 18.4 Å². The van der Waals surface area contributed by atoms with Crippen LogP contribution in [-0.4, -0.2) is 73.4 Å². The highest BCUT2D eigenvalue weighted by atomic mass is 31.2. The summed E-state index contributed by atoms with van der Waals surface area (Å²) in [5, 5.41) is 13.3. The van der Waals surface area contributed by atoms with Gasteiger partial charge in [0.1, 0.15) is 13.2 Å². The minimum Gasteiger partial charge on any atom is -0.387 e. The van der Waals surface area contributed by atoms with Crippen LogP contribution in [0.1, 0.15) is 97.3 Å². The van der Waals surface area contributed by atoms with Crippen molar-refractivity contribution in [2.24, 2.45) is 0 Å². The zero-order valence-electron chi connectivity index (χ0n) is 25.4. The molecule has 0 bridgehead atoms. The summed E-state index contributed by atoms with van der Waals surface area (Å²) >= 11 is 0. The summed E-state index contributed by atoms with van der Waals surface area (Å²) in [7, 11) is 1.54. The second kappa shape index (κ2) is 23.4. The van der Waals surface area contributed by atoms with Crippen molar-refractivity contribution in [3.63, 3.8) is 0 Å². The number of rotatable bonds is 25. The molecule has 9 heteroatoms. The monoisotopic (exact) mass is 573 g/mol. The molecule has 3 unspecified atom stereocenters. The summed E-state index contributed by atoms with van der Waals surface area (Å²) in [6.07, 6.45) is 24.3. The maximum atomic E-state index is 12.5. The normalized spacial score (nSPS) is 15.8. The van der Waals surface area contributed by atoms with Crippen molar-refractivity contribution < 1.29 is 32.9 Å². The Balaban J connectivity index is 4.38. The molecule has 0 aromatic rings. The highest BCUT2D eigenvalue weighted by molar-refractivity contribution is 7.47. The van der Waals surface area contributed by atoms with Crippen LogP contribution in [0.5, 0.6) is 0 Å². The van der Waals surface area contributed by atoms with Crippen LogP contribution in [0.2, 0.25) is 0 Å². The first-order valence-electron chi connectivity index (χ1n) is 14.9. The van der Waals surface area contributed by atoms with Gasteiger partial charge in [0.05, 0.1) is 39.9 Å². The maximum absolute atomic E-state index is 12.5. The number of aliphatic hydroxyl groups excluding tert-OH is 1. The van der Waals surface area contributed by atoms with Gasteiger partial charge in [-0.15, -0.1) is 0 Å². The van der Waals surface area contributed by atoms with Gasteiger partial charge in [-0.1, -0.05) is 88.8 Å². The van der Waals surface area contributed by atoms with E-state index in [1.165, 1.54) is 19.3 Å². The fourth-order valence-corrected chi connectivity index (χ4v) is 4.33. The van der Waals surface area contributed by atoms with Crippen LogP contribution in [0.25, 0.3) is 0 Å². The lowest BCUT2D eigenvalue weighted by Crippen LogP contribution is -2.45. The molecule has 0 radical (unpaired) electrons. The van der Waals surface area contributed by atoms with Gasteiger partial charge < -0.3 is 19.8 Å². The molecule has 0 aliphatic heterocycles. The first-order chi connectivity index (χ1) is 18.5. The van der Waals surface area contributed by atoms with Crippen molar-refractivity contribution in [2.45, 2.75) is 109 Å². The number of hydrogen-bond acceptors (Lipinski definition) is 5. The molecule has 0 spiro atoms. The number of phosphoric acid groups is 1. The van der Waals surface area contributed by atoms with E-state index >= 15 is 0 Å². The molecular weight excluding hydrogens is 515 g/mol. The first-order valence-corrected chi connectivity index (χ1v) is 16.4. The molecule has 1 amide bonds. The molecule has 0 aromatic heterocycles. The van der Waals surface area contributed by atoms with E-state index in [4.69, 9.17) is 9.05 Å². The molecule has 3 atom stereocenters. The Morgan fingerprint density at radius 2 is 1.51 bits per heavy atom. The molecule has 0 aromatic carbocycles. The fourth-order valence-electron chi connectivity index (χ4n) is 3.59. The van der Waals surface area contributed by atoms with Gasteiger partial charge in [-0.2, -0.15) is 0 Å². The molecule has 39 heavy (non-hydrogen) atoms. The van der Waals surface area contributed by atoms with Crippen LogP contribution in [0.4, 0.5) is 0 Å². The molecule has 0 aliphatic rings. The smallest absolute Gasteiger partial charge is 0.387 e. The van der Waals surface area contributed by atoms with Crippen molar-refractivity contribution in [2.75, 3.05) is 40.9 Å². The average molecular weight is 574 g/mol. The Bertz CT molecular complexity index is 748. The van der Waals surface area contributed by atoms with Crippen LogP contribution in [0.3, 0.4) is 0 Å². The molecule has 0 rings (SSSR count). The average Bonchev–Trinajstić information content (AvgIpc) is 2.85. The number of unbranched alkanes of at least 4 members (excludes halogenated alkanes) is 8. The third kappa shape index (κ3) is 25.4. The zero-order valence-corrected chi connectivity index (χ0v) is 26.2. The quantitative estimate of drug-likeness (QED) is 0.0502. The van der Waals surface area contributed by atoms with Gasteiger partial charge in [-0.05, 0) is 38.5 Å². The minimum atomic E-state index is -4.30. The lowest BCUT2D eigenvalue weighted by Gasteiger charge is -2.25. The highest BCUT2D eigenvalue weighted by Gasteiger charge is 2.27. The van der Waals surface area contributed by atoms with Crippen LogP contribution >= 0.6 is 7.82 Å². The number of quaternary nitrogens is 1. The molecule has 0 fully saturated rings. The van der Waals surface area contributed by atoms with Crippen LogP contribution in [0.15, 0.2) is 36.5 Å². The summed E-state index contributed by atoms with van der Waals surface area (Å²) < 4.78 is 23.0. The lowest BCUT2D eigenvalue weighted by molar-refractivity contribution is -0.870. The number of phosphoric ester groups is 1. The number of aliphatic hydroxyl groups is 1. The molecule has 0 saturated carbocycles. The van der Waals surface area contributed by atoms with E-state index in [-0.39, 0.29) is 19.1 Å². The summed E-state index contributed by atoms with van der Waals surface area (Å²) in [6, 6.07) is -0.846. The summed E-state index contributed by atoms with van der Waals surface area (Å²) in [5.41, 5.74) is 0. The lowest BCUT2D eigenvalue weighted by atomic mass is 10.1. The number of nitrogens with one attached hydrogen (secondary N) is 1. The number of likely N-dealkylation sites (N-methyl/N-ethyl adjacent to an activating group) is 1. The summed E-state index contributed by atoms with van der Waals surface area (Å²) in [6.45, 7) is 4.49. The van der Waals surface area contributed by atoms with Crippen molar-refractivity contribution in [1.82, 2.24) is 5.32 Å². The van der Waals surface area contributed by atoms with Crippen molar-refractivity contribution in [1.29, 1.82) is 0 Å². The Morgan fingerprint density at radius 1 is 0.872 bits per heavy atom. The van der Waals surface area contributed by atoms with E-state index in [2.05, 4.69) is 36.5 Å². The van der Waals surface area contributed by atoms with Gasteiger partial charge in [0.25, 0.3) is 0 Å². The number of hydrogen-bond donors (Lipinski definition) is 3. The van der Waals surface area contributed by atoms with Crippen LogP contribution < -0.4 is 5.32 Å². The largest absolute Gasteiger partial charge is 0.472 e. The van der Waals surface area contributed by atoms with Gasteiger partial charge in [-0.3, -0.25) is 13.8 Å².